The Balaban J connectivity index is 1.38. The molecule has 0 radical (unpaired) electrons. The maximum atomic E-state index is 12.9. The maximum Gasteiger partial charge on any atom is 0.236 e. The quantitative estimate of drug-likeness (QED) is 0.837. The van der Waals surface area contributed by atoms with Gasteiger partial charge in [-0.1, -0.05) is 23.4 Å². The van der Waals surface area contributed by atoms with Gasteiger partial charge in [-0.2, -0.15) is 4.98 Å². The van der Waals surface area contributed by atoms with Gasteiger partial charge in [-0.15, -0.1) is 0 Å². The number of aryl methyl sites for hydroxylation is 1. The van der Waals surface area contributed by atoms with Crippen molar-refractivity contribution in [1.82, 2.24) is 19.9 Å². The second kappa shape index (κ2) is 7.45. The van der Waals surface area contributed by atoms with Crippen LogP contribution in [0.4, 0.5) is 0 Å². The largest absolute Gasteiger partial charge is 0.492 e. The fourth-order valence-electron chi connectivity index (χ4n) is 3.70. The van der Waals surface area contributed by atoms with Crippen LogP contribution in [0.1, 0.15) is 36.0 Å². The summed E-state index contributed by atoms with van der Waals surface area (Å²) in [7, 11) is 0. The third-order valence-electron chi connectivity index (χ3n) is 5.07. The van der Waals surface area contributed by atoms with Crippen molar-refractivity contribution in [3.8, 4) is 5.75 Å². The molecule has 7 nitrogen and oxygen atoms in total. The Morgan fingerprint density at radius 3 is 3.04 bits per heavy atom. The van der Waals surface area contributed by atoms with Gasteiger partial charge < -0.3 is 14.2 Å². The molecule has 26 heavy (non-hydrogen) atoms. The van der Waals surface area contributed by atoms with E-state index in [0.717, 1.165) is 49.6 Å². The van der Waals surface area contributed by atoms with Crippen LogP contribution in [0.3, 0.4) is 0 Å². The van der Waals surface area contributed by atoms with Crippen LogP contribution in [0, 0.1) is 6.92 Å². The highest BCUT2D eigenvalue weighted by atomic mass is 16.5. The van der Waals surface area contributed by atoms with Gasteiger partial charge in [-0.05, 0) is 18.9 Å². The van der Waals surface area contributed by atoms with E-state index in [0.29, 0.717) is 25.6 Å². The van der Waals surface area contributed by atoms with Gasteiger partial charge >= 0.3 is 0 Å². The van der Waals surface area contributed by atoms with Crippen molar-refractivity contribution in [2.45, 2.75) is 32.2 Å². The summed E-state index contributed by atoms with van der Waals surface area (Å²) in [5.74, 6) is 2.55. The van der Waals surface area contributed by atoms with Gasteiger partial charge in [0.05, 0.1) is 6.54 Å². The van der Waals surface area contributed by atoms with E-state index < -0.39 is 0 Å². The third-order valence-corrected chi connectivity index (χ3v) is 5.07. The summed E-state index contributed by atoms with van der Waals surface area (Å²) in [4.78, 5) is 21.3. The molecular weight excluding hydrogens is 332 g/mol. The molecule has 2 aromatic rings. The molecular formula is C19H24N4O3. The van der Waals surface area contributed by atoms with E-state index in [9.17, 15) is 4.79 Å². The maximum absolute atomic E-state index is 12.9. The lowest BCUT2D eigenvalue weighted by atomic mass is 9.97. The van der Waals surface area contributed by atoms with E-state index in [1.165, 1.54) is 0 Å². The molecule has 0 N–H and O–H groups in total. The highest BCUT2D eigenvalue weighted by Gasteiger charge is 2.29. The normalized spacial score (nSPS) is 21.0. The molecule has 0 unspecified atom stereocenters. The predicted molar refractivity (Wildman–Crippen MR) is 94.8 cm³/mol. The minimum Gasteiger partial charge on any atom is -0.492 e. The Hall–Kier alpha value is -2.41. The summed E-state index contributed by atoms with van der Waals surface area (Å²) in [5.41, 5.74) is 1.14. The summed E-state index contributed by atoms with van der Waals surface area (Å²) in [6.45, 7) is 5.77. The fourth-order valence-corrected chi connectivity index (χ4v) is 3.70. The van der Waals surface area contributed by atoms with Gasteiger partial charge in [-0.3, -0.25) is 9.69 Å². The number of amides is 1. The second-order valence-corrected chi connectivity index (χ2v) is 7.02. The zero-order valence-corrected chi connectivity index (χ0v) is 15.1. The predicted octanol–water partition coefficient (Wildman–Crippen LogP) is 1.98. The number of ether oxygens (including phenoxy) is 1. The molecule has 2 aliphatic heterocycles. The van der Waals surface area contributed by atoms with Crippen LogP contribution in [0.5, 0.6) is 5.75 Å². The van der Waals surface area contributed by atoms with Gasteiger partial charge in [0.1, 0.15) is 12.4 Å². The van der Waals surface area contributed by atoms with Crippen LogP contribution >= 0.6 is 0 Å². The number of aromatic nitrogens is 2. The molecule has 1 saturated heterocycles. The lowest BCUT2D eigenvalue weighted by Gasteiger charge is -2.33. The number of para-hydroxylation sites is 1. The minimum atomic E-state index is 0.161. The van der Waals surface area contributed by atoms with E-state index in [2.05, 4.69) is 21.1 Å². The van der Waals surface area contributed by atoms with Gasteiger partial charge in [0, 0.05) is 44.6 Å². The number of carbonyl (C=O) groups excluding carboxylic acids is 1. The number of hydrogen-bond donors (Lipinski definition) is 0. The van der Waals surface area contributed by atoms with Crippen molar-refractivity contribution in [2.24, 2.45) is 0 Å². The van der Waals surface area contributed by atoms with Gasteiger partial charge in [0.15, 0.2) is 5.82 Å². The average molecular weight is 356 g/mol. The molecule has 0 saturated carbocycles. The number of hydrogen-bond acceptors (Lipinski definition) is 6. The molecule has 1 fully saturated rings. The highest BCUT2D eigenvalue weighted by Crippen LogP contribution is 2.26. The van der Waals surface area contributed by atoms with E-state index in [4.69, 9.17) is 9.26 Å². The fraction of sp³-hybridized carbons (Fsp3) is 0.526. The van der Waals surface area contributed by atoms with Crippen molar-refractivity contribution in [2.75, 3.05) is 32.8 Å². The number of benzene rings is 1. The molecule has 0 aliphatic carbocycles. The summed E-state index contributed by atoms with van der Waals surface area (Å²) in [6, 6.07) is 8.04. The van der Waals surface area contributed by atoms with Crippen LogP contribution < -0.4 is 4.74 Å². The van der Waals surface area contributed by atoms with Crippen LogP contribution in [0.2, 0.25) is 0 Å². The summed E-state index contributed by atoms with van der Waals surface area (Å²) in [5, 5.41) is 4.04. The Kier molecular flexibility index (Phi) is 4.88. The van der Waals surface area contributed by atoms with E-state index in [1.807, 2.05) is 23.1 Å². The lowest BCUT2D eigenvalue weighted by molar-refractivity contribution is -0.133. The van der Waals surface area contributed by atoms with Crippen LogP contribution in [0.15, 0.2) is 28.8 Å². The monoisotopic (exact) mass is 356 g/mol. The molecule has 0 bridgehead atoms. The zero-order valence-electron chi connectivity index (χ0n) is 15.1. The van der Waals surface area contributed by atoms with Crippen molar-refractivity contribution in [3.05, 3.63) is 41.5 Å². The Morgan fingerprint density at radius 2 is 2.19 bits per heavy atom. The summed E-state index contributed by atoms with van der Waals surface area (Å²) in [6.07, 6.45) is 1.96. The molecule has 138 valence electrons. The molecule has 0 spiro atoms. The number of fused-ring (bicyclic) bond motifs is 1. The second-order valence-electron chi connectivity index (χ2n) is 7.02. The highest BCUT2D eigenvalue weighted by molar-refractivity contribution is 5.78. The van der Waals surface area contributed by atoms with Crippen molar-refractivity contribution in [3.63, 3.8) is 0 Å². The molecule has 2 aliphatic rings. The lowest BCUT2D eigenvalue weighted by Crippen LogP contribution is -2.45. The first-order valence-corrected chi connectivity index (χ1v) is 9.20. The van der Waals surface area contributed by atoms with Crippen molar-refractivity contribution < 1.29 is 14.1 Å². The molecule has 1 aromatic carbocycles. The van der Waals surface area contributed by atoms with Crippen LogP contribution in [-0.4, -0.2) is 58.6 Å². The van der Waals surface area contributed by atoms with Gasteiger partial charge in [-0.25, -0.2) is 0 Å². The molecule has 1 aromatic heterocycles. The van der Waals surface area contributed by atoms with Gasteiger partial charge in [0.2, 0.25) is 11.8 Å². The number of nitrogens with zero attached hydrogens (tertiary/aromatic N) is 4. The van der Waals surface area contributed by atoms with E-state index in [-0.39, 0.29) is 11.8 Å². The topological polar surface area (TPSA) is 71.7 Å². The smallest absolute Gasteiger partial charge is 0.236 e. The molecule has 7 heteroatoms. The first-order chi connectivity index (χ1) is 12.7. The van der Waals surface area contributed by atoms with E-state index in [1.54, 1.807) is 6.92 Å². The molecule has 3 heterocycles. The standard InChI is InChI=1S/C19H24N4O3/c1-14-20-19(21-26-14)16-6-4-8-23(12-16)18(24)13-22-9-10-25-17-7-3-2-5-15(17)11-22/h2-3,5,7,16H,4,6,8-13H2,1H3/t16-/m0/s1. The number of rotatable bonds is 3. The molecule has 1 atom stereocenters. The van der Waals surface area contributed by atoms with Crippen LogP contribution in [0.25, 0.3) is 0 Å². The minimum absolute atomic E-state index is 0.161. The first-order valence-electron chi connectivity index (χ1n) is 9.20. The number of piperidine rings is 1. The summed E-state index contributed by atoms with van der Waals surface area (Å²) >= 11 is 0. The van der Waals surface area contributed by atoms with Crippen molar-refractivity contribution in [1.29, 1.82) is 0 Å². The van der Waals surface area contributed by atoms with Crippen molar-refractivity contribution >= 4 is 5.91 Å². The average Bonchev–Trinajstić information content (AvgIpc) is 2.99. The third kappa shape index (κ3) is 3.72. The number of likely N-dealkylation sites (tertiary alicyclic amines) is 1. The van der Waals surface area contributed by atoms with Crippen LogP contribution in [-0.2, 0) is 11.3 Å². The zero-order chi connectivity index (χ0) is 17.9. The Bertz CT molecular complexity index is 776. The summed E-state index contributed by atoms with van der Waals surface area (Å²) < 4.78 is 10.9. The molecule has 1 amide bonds. The van der Waals surface area contributed by atoms with Gasteiger partial charge in [0.25, 0.3) is 0 Å². The number of carbonyl (C=O) groups is 1. The molecule has 4 rings (SSSR count). The Labute approximate surface area is 152 Å². The first kappa shape index (κ1) is 17.0. The van der Waals surface area contributed by atoms with E-state index >= 15 is 0 Å². The SMILES string of the molecule is Cc1nc([C@H]2CCCN(C(=O)CN3CCOc4ccccc4C3)C2)no1. The Morgan fingerprint density at radius 1 is 1.31 bits per heavy atom.